The van der Waals surface area contributed by atoms with Crippen LogP contribution in [0.25, 0.3) is 0 Å². The van der Waals surface area contributed by atoms with Crippen LogP contribution in [0.15, 0.2) is 0 Å². The van der Waals surface area contributed by atoms with Gasteiger partial charge in [0.25, 0.3) is 0 Å². The van der Waals surface area contributed by atoms with Crippen molar-refractivity contribution in [2.75, 3.05) is 0 Å². The Kier molecular flexibility index (Phi) is 2.84. The highest BCUT2D eigenvalue weighted by Gasteiger charge is 2.40. The Hall–Kier alpha value is 0.430. The summed E-state index contributed by atoms with van der Waals surface area (Å²) in [6.45, 7) is 0. The van der Waals surface area contributed by atoms with Gasteiger partial charge in [-0.25, -0.2) is 0 Å². The fourth-order valence-corrected chi connectivity index (χ4v) is 8.83. The van der Waals surface area contributed by atoms with Gasteiger partial charge in [0.2, 0.25) is 0 Å². The van der Waals surface area contributed by atoms with Crippen LogP contribution in [0.2, 0.25) is 0 Å². The predicted octanol–water partition coefficient (Wildman–Crippen LogP) is 4.52. The van der Waals surface area contributed by atoms with Crippen molar-refractivity contribution in [2.45, 2.75) is 81.2 Å². The van der Waals surface area contributed by atoms with E-state index in [1.165, 1.54) is 17.0 Å². The summed E-state index contributed by atoms with van der Waals surface area (Å²) in [6, 6.07) is 0. The van der Waals surface area contributed by atoms with Crippen molar-refractivity contribution >= 4 is 7.92 Å². The van der Waals surface area contributed by atoms with Gasteiger partial charge in [0.05, 0.1) is 0 Å². The molecule has 2 aliphatic heterocycles. The van der Waals surface area contributed by atoms with Gasteiger partial charge in [0.15, 0.2) is 0 Å². The third-order valence-corrected chi connectivity index (χ3v) is 8.82. The zero-order valence-electron chi connectivity index (χ0n) is 9.25. The van der Waals surface area contributed by atoms with Crippen LogP contribution < -0.4 is 0 Å². The fraction of sp³-hybridized carbons (Fsp3) is 1.00. The lowest BCUT2D eigenvalue weighted by molar-refractivity contribution is 0.469. The SMILES string of the molecule is C1CCC(P2C3CCCC2CCC3)C1. The Balaban J connectivity index is 1.75. The van der Waals surface area contributed by atoms with Crippen molar-refractivity contribution in [2.24, 2.45) is 0 Å². The fourth-order valence-electron chi connectivity index (χ4n) is 4.16. The molecule has 0 aromatic heterocycles. The molecule has 1 aliphatic carbocycles. The van der Waals surface area contributed by atoms with E-state index in [1.807, 2.05) is 0 Å². The molecule has 0 nitrogen and oxygen atoms in total. The highest BCUT2D eigenvalue weighted by molar-refractivity contribution is 7.60. The molecule has 0 aromatic carbocycles. The van der Waals surface area contributed by atoms with E-state index in [2.05, 4.69) is 0 Å². The van der Waals surface area contributed by atoms with Crippen LogP contribution in [0.1, 0.15) is 64.2 Å². The third-order valence-electron chi connectivity index (χ3n) is 4.74. The van der Waals surface area contributed by atoms with Gasteiger partial charge in [-0.15, -0.1) is 0 Å². The summed E-state index contributed by atoms with van der Waals surface area (Å²) < 4.78 is 0. The van der Waals surface area contributed by atoms with Gasteiger partial charge in [0.1, 0.15) is 0 Å². The van der Waals surface area contributed by atoms with Crippen molar-refractivity contribution < 1.29 is 0 Å². The van der Waals surface area contributed by atoms with Crippen LogP contribution in [-0.2, 0) is 0 Å². The van der Waals surface area contributed by atoms with Gasteiger partial charge in [-0.05, 0) is 55.5 Å². The second-order valence-corrected chi connectivity index (χ2v) is 8.64. The van der Waals surface area contributed by atoms with E-state index in [1.54, 1.807) is 64.2 Å². The number of hydrogen-bond donors (Lipinski definition) is 0. The summed E-state index contributed by atoms with van der Waals surface area (Å²) in [5, 5.41) is 0. The molecule has 2 heterocycles. The summed E-state index contributed by atoms with van der Waals surface area (Å²) in [4.78, 5) is 0. The minimum absolute atomic E-state index is 0.489. The van der Waals surface area contributed by atoms with E-state index in [0.29, 0.717) is 7.92 Å². The Morgan fingerprint density at radius 1 is 0.500 bits per heavy atom. The standard InChI is InChI=1S/C13H23P/c1-2-6-11(5-1)14-12-7-3-8-13(14)10-4-9-12/h11-13H,1-10H2. The van der Waals surface area contributed by atoms with Crippen molar-refractivity contribution in [1.29, 1.82) is 0 Å². The maximum Gasteiger partial charge on any atom is -0.0204 e. The molecule has 80 valence electrons. The Labute approximate surface area is 89.6 Å². The highest BCUT2D eigenvalue weighted by atomic mass is 31.1. The van der Waals surface area contributed by atoms with E-state index in [4.69, 9.17) is 0 Å². The molecule has 3 fully saturated rings. The maximum absolute atomic E-state index is 1.61. The summed E-state index contributed by atoms with van der Waals surface area (Å²) >= 11 is 0. The zero-order chi connectivity index (χ0) is 9.38. The molecule has 3 rings (SSSR count). The Morgan fingerprint density at radius 2 is 0.857 bits per heavy atom. The summed E-state index contributed by atoms with van der Waals surface area (Å²) in [5.41, 5.74) is 3.67. The van der Waals surface area contributed by atoms with E-state index in [-0.39, 0.29) is 0 Å². The normalized spacial score (nSPS) is 44.1. The van der Waals surface area contributed by atoms with Gasteiger partial charge in [-0.2, -0.15) is 0 Å². The van der Waals surface area contributed by atoms with Crippen molar-refractivity contribution in [1.82, 2.24) is 0 Å². The lowest BCUT2D eigenvalue weighted by Crippen LogP contribution is -2.30. The van der Waals surface area contributed by atoms with Crippen LogP contribution in [-0.4, -0.2) is 17.0 Å². The molecule has 0 atom stereocenters. The minimum Gasteiger partial charge on any atom is -0.0971 e. The molecule has 0 aromatic rings. The second kappa shape index (κ2) is 4.12. The van der Waals surface area contributed by atoms with Crippen LogP contribution in [0.3, 0.4) is 0 Å². The summed E-state index contributed by atoms with van der Waals surface area (Å²) in [6.07, 6.45) is 15.9. The molecule has 1 heteroatoms. The average Bonchev–Trinajstić information content (AvgIpc) is 2.69. The van der Waals surface area contributed by atoms with E-state index in [9.17, 15) is 0 Å². The van der Waals surface area contributed by atoms with E-state index < -0.39 is 0 Å². The largest absolute Gasteiger partial charge is 0.0971 e. The highest BCUT2D eigenvalue weighted by Crippen LogP contribution is 2.65. The molecule has 3 aliphatic rings. The monoisotopic (exact) mass is 210 g/mol. The lowest BCUT2D eigenvalue weighted by atomic mass is 9.99. The molecule has 0 N–H and O–H groups in total. The molecule has 0 amide bonds. The van der Waals surface area contributed by atoms with E-state index in [0.717, 1.165) is 0 Å². The summed E-state index contributed by atoms with van der Waals surface area (Å²) in [5.74, 6) is 0. The van der Waals surface area contributed by atoms with Crippen LogP contribution >= 0.6 is 7.92 Å². The molecule has 14 heavy (non-hydrogen) atoms. The molecular formula is C13H23P. The number of fused-ring (bicyclic) bond motifs is 2. The molecule has 2 saturated heterocycles. The van der Waals surface area contributed by atoms with Gasteiger partial charge in [-0.1, -0.05) is 33.6 Å². The first-order valence-electron chi connectivity index (χ1n) is 6.72. The van der Waals surface area contributed by atoms with Crippen LogP contribution in [0, 0.1) is 0 Å². The Morgan fingerprint density at radius 3 is 1.29 bits per heavy atom. The lowest BCUT2D eigenvalue weighted by Gasteiger charge is -2.46. The minimum atomic E-state index is 0.489. The molecule has 0 unspecified atom stereocenters. The summed E-state index contributed by atoms with van der Waals surface area (Å²) in [7, 11) is 0.489. The molecule has 0 radical (unpaired) electrons. The number of rotatable bonds is 1. The van der Waals surface area contributed by atoms with Crippen molar-refractivity contribution in [3.05, 3.63) is 0 Å². The van der Waals surface area contributed by atoms with Crippen molar-refractivity contribution in [3.63, 3.8) is 0 Å². The zero-order valence-corrected chi connectivity index (χ0v) is 10.1. The topological polar surface area (TPSA) is 0 Å². The van der Waals surface area contributed by atoms with Gasteiger partial charge in [0, 0.05) is 0 Å². The first-order valence-corrected chi connectivity index (χ1v) is 8.27. The smallest absolute Gasteiger partial charge is 0.0204 e. The average molecular weight is 210 g/mol. The van der Waals surface area contributed by atoms with Crippen molar-refractivity contribution in [3.8, 4) is 0 Å². The predicted molar refractivity (Wildman–Crippen MR) is 64.5 cm³/mol. The van der Waals surface area contributed by atoms with Gasteiger partial charge >= 0.3 is 0 Å². The van der Waals surface area contributed by atoms with Gasteiger partial charge < -0.3 is 0 Å². The van der Waals surface area contributed by atoms with Crippen LogP contribution in [0.5, 0.6) is 0 Å². The first kappa shape index (κ1) is 9.64. The molecule has 1 saturated carbocycles. The second-order valence-electron chi connectivity index (χ2n) is 5.55. The third kappa shape index (κ3) is 1.64. The molecular weight excluding hydrogens is 187 g/mol. The van der Waals surface area contributed by atoms with E-state index >= 15 is 0 Å². The first-order chi connectivity index (χ1) is 6.95. The quantitative estimate of drug-likeness (QED) is 0.558. The molecule has 0 spiro atoms. The number of hydrogen-bond acceptors (Lipinski definition) is 0. The van der Waals surface area contributed by atoms with Gasteiger partial charge in [-0.3, -0.25) is 0 Å². The Bertz CT molecular complexity index is 171. The van der Waals surface area contributed by atoms with Crippen LogP contribution in [0.4, 0.5) is 0 Å². The molecule has 2 bridgehead atoms. The maximum atomic E-state index is 1.61.